The summed E-state index contributed by atoms with van der Waals surface area (Å²) < 4.78 is 0. The maximum atomic E-state index is 12.0. The lowest BCUT2D eigenvalue weighted by Gasteiger charge is -2.37. The fourth-order valence-corrected chi connectivity index (χ4v) is 3.28. The Labute approximate surface area is 108 Å². The number of aliphatic hydroxyl groups is 1. The van der Waals surface area contributed by atoms with Gasteiger partial charge < -0.3 is 5.11 Å². The van der Waals surface area contributed by atoms with E-state index in [1.54, 1.807) is 6.08 Å². The SMILES string of the molecule is CC1(C)CCCC(=O)[C@H]1CCC1=C[C@@H](O)CC1=O. The van der Waals surface area contributed by atoms with Crippen molar-refractivity contribution in [2.45, 2.75) is 58.5 Å². The van der Waals surface area contributed by atoms with Gasteiger partial charge in [0.15, 0.2) is 5.78 Å². The third-order valence-corrected chi connectivity index (χ3v) is 4.42. The lowest BCUT2D eigenvalue weighted by Crippen LogP contribution is -2.35. The number of hydrogen-bond acceptors (Lipinski definition) is 3. The van der Waals surface area contributed by atoms with Crippen molar-refractivity contribution in [1.82, 2.24) is 0 Å². The highest BCUT2D eigenvalue weighted by Gasteiger charge is 2.38. The average molecular weight is 250 g/mol. The first-order chi connectivity index (χ1) is 8.40. The van der Waals surface area contributed by atoms with E-state index in [1.807, 2.05) is 0 Å². The minimum Gasteiger partial charge on any atom is -0.389 e. The Kier molecular flexibility index (Phi) is 3.71. The van der Waals surface area contributed by atoms with Crippen LogP contribution in [0.5, 0.6) is 0 Å². The van der Waals surface area contributed by atoms with Crippen LogP contribution in [-0.2, 0) is 9.59 Å². The van der Waals surface area contributed by atoms with E-state index >= 15 is 0 Å². The molecule has 0 aromatic rings. The first-order valence-corrected chi connectivity index (χ1v) is 6.85. The first-order valence-electron chi connectivity index (χ1n) is 6.85. The Morgan fingerprint density at radius 3 is 2.67 bits per heavy atom. The molecule has 0 aliphatic heterocycles. The van der Waals surface area contributed by atoms with E-state index in [4.69, 9.17) is 0 Å². The molecule has 1 saturated carbocycles. The van der Waals surface area contributed by atoms with E-state index in [1.165, 1.54) is 0 Å². The van der Waals surface area contributed by atoms with Crippen molar-refractivity contribution in [3.8, 4) is 0 Å². The van der Waals surface area contributed by atoms with Gasteiger partial charge in [0, 0.05) is 18.8 Å². The number of Topliss-reactive ketones (excluding diaryl/α,β-unsaturated/α-hetero) is 2. The molecule has 2 aliphatic carbocycles. The van der Waals surface area contributed by atoms with Crippen LogP contribution in [0.1, 0.15) is 52.4 Å². The van der Waals surface area contributed by atoms with Crippen LogP contribution in [0.4, 0.5) is 0 Å². The monoisotopic (exact) mass is 250 g/mol. The summed E-state index contributed by atoms with van der Waals surface area (Å²) in [6.45, 7) is 4.29. The second-order valence-corrected chi connectivity index (χ2v) is 6.29. The zero-order valence-corrected chi connectivity index (χ0v) is 11.2. The van der Waals surface area contributed by atoms with Crippen LogP contribution in [0.2, 0.25) is 0 Å². The van der Waals surface area contributed by atoms with Gasteiger partial charge in [0.25, 0.3) is 0 Å². The van der Waals surface area contributed by atoms with Crippen LogP contribution in [0.15, 0.2) is 11.6 Å². The molecule has 0 amide bonds. The molecular weight excluding hydrogens is 228 g/mol. The highest BCUT2D eigenvalue weighted by molar-refractivity contribution is 5.98. The largest absolute Gasteiger partial charge is 0.389 e. The molecule has 0 heterocycles. The van der Waals surface area contributed by atoms with Crippen LogP contribution in [0, 0.1) is 11.3 Å². The lowest BCUT2D eigenvalue weighted by molar-refractivity contribution is -0.130. The Hall–Kier alpha value is -0.960. The van der Waals surface area contributed by atoms with Gasteiger partial charge >= 0.3 is 0 Å². The highest BCUT2D eigenvalue weighted by Crippen LogP contribution is 2.41. The number of aliphatic hydroxyl groups excluding tert-OH is 1. The van der Waals surface area contributed by atoms with E-state index in [2.05, 4.69) is 13.8 Å². The molecule has 0 aromatic heterocycles. The van der Waals surface area contributed by atoms with Gasteiger partial charge in [-0.1, -0.05) is 13.8 Å². The summed E-state index contributed by atoms with van der Waals surface area (Å²) >= 11 is 0. The molecule has 0 bridgehead atoms. The molecular formula is C15H22O3. The molecule has 2 rings (SSSR count). The Bertz CT molecular complexity index is 393. The maximum absolute atomic E-state index is 12.0. The van der Waals surface area contributed by atoms with Crippen molar-refractivity contribution in [3.63, 3.8) is 0 Å². The van der Waals surface area contributed by atoms with E-state index < -0.39 is 6.10 Å². The third-order valence-electron chi connectivity index (χ3n) is 4.42. The number of ketones is 2. The van der Waals surface area contributed by atoms with Gasteiger partial charge in [0.1, 0.15) is 5.78 Å². The first kappa shape index (κ1) is 13.5. The van der Waals surface area contributed by atoms with Crippen LogP contribution in [0.25, 0.3) is 0 Å². The molecule has 2 atom stereocenters. The van der Waals surface area contributed by atoms with Crippen molar-refractivity contribution in [3.05, 3.63) is 11.6 Å². The second-order valence-electron chi connectivity index (χ2n) is 6.29. The van der Waals surface area contributed by atoms with Gasteiger partial charge in [-0.25, -0.2) is 0 Å². The van der Waals surface area contributed by atoms with Crippen molar-refractivity contribution >= 4 is 11.6 Å². The van der Waals surface area contributed by atoms with Crippen LogP contribution in [-0.4, -0.2) is 22.8 Å². The highest BCUT2D eigenvalue weighted by atomic mass is 16.3. The predicted molar refractivity (Wildman–Crippen MR) is 69.1 cm³/mol. The maximum Gasteiger partial charge on any atom is 0.161 e. The zero-order chi connectivity index (χ0) is 13.3. The molecule has 0 unspecified atom stereocenters. The van der Waals surface area contributed by atoms with Gasteiger partial charge in [-0.2, -0.15) is 0 Å². The lowest BCUT2D eigenvalue weighted by atomic mass is 9.66. The Morgan fingerprint density at radius 2 is 2.11 bits per heavy atom. The van der Waals surface area contributed by atoms with Crippen molar-refractivity contribution in [1.29, 1.82) is 0 Å². The predicted octanol–water partition coefficient (Wildman–Crippen LogP) is 2.42. The minimum absolute atomic E-state index is 0.0450. The Balaban J connectivity index is 1.98. The molecule has 18 heavy (non-hydrogen) atoms. The van der Waals surface area contributed by atoms with Crippen LogP contribution >= 0.6 is 0 Å². The van der Waals surface area contributed by atoms with E-state index in [0.29, 0.717) is 18.6 Å². The number of hydrogen-bond donors (Lipinski definition) is 1. The van der Waals surface area contributed by atoms with Crippen LogP contribution in [0.3, 0.4) is 0 Å². The average Bonchev–Trinajstić information content (AvgIpc) is 2.56. The molecule has 0 aromatic carbocycles. The molecule has 0 radical (unpaired) electrons. The van der Waals surface area contributed by atoms with Crippen molar-refractivity contribution in [2.24, 2.45) is 11.3 Å². The minimum atomic E-state index is -0.609. The van der Waals surface area contributed by atoms with E-state index in [0.717, 1.165) is 24.8 Å². The van der Waals surface area contributed by atoms with Crippen LogP contribution < -0.4 is 0 Å². The molecule has 0 saturated heterocycles. The number of allylic oxidation sites excluding steroid dienone is 1. The summed E-state index contributed by atoms with van der Waals surface area (Å²) in [7, 11) is 0. The zero-order valence-electron chi connectivity index (χ0n) is 11.2. The number of carbonyl (C=O) groups is 2. The molecule has 3 heteroatoms. The quantitative estimate of drug-likeness (QED) is 0.837. The number of carbonyl (C=O) groups excluding carboxylic acids is 2. The summed E-state index contributed by atoms with van der Waals surface area (Å²) in [5, 5.41) is 9.40. The van der Waals surface area contributed by atoms with Gasteiger partial charge in [-0.15, -0.1) is 0 Å². The summed E-state index contributed by atoms with van der Waals surface area (Å²) in [4.78, 5) is 23.6. The number of rotatable bonds is 3. The summed E-state index contributed by atoms with van der Waals surface area (Å²) in [5.74, 6) is 0.458. The smallest absolute Gasteiger partial charge is 0.161 e. The standard InChI is InChI=1S/C15H22O3/c1-15(2)7-3-4-13(17)12(15)6-5-10-8-11(16)9-14(10)18/h8,11-12,16H,3-7,9H2,1-2H3/t11-,12-/m1/s1. The summed E-state index contributed by atoms with van der Waals surface area (Å²) in [5.41, 5.74) is 0.771. The van der Waals surface area contributed by atoms with Gasteiger partial charge in [0.05, 0.1) is 6.10 Å². The molecule has 3 nitrogen and oxygen atoms in total. The van der Waals surface area contributed by atoms with Crippen molar-refractivity contribution < 1.29 is 14.7 Å². The fraction of sp³-hybridized carbons (Fsp3) is 0.733. The van der Waals surface area contributed by atoms with Gasteiger partial charge in [0.2, 0.25) is 0 Å². The second kappa shape index (κ2) is 4.96. The van der Waals surface area contributed by atoms with Gasteiger partial charge in [-0.05, 0) is 42.7 Å². The fourth-order valence-electron chi connectivity index (χ4n) is 3.28. The molecule has 2 aliphatic rings. The topological polar surface area (TPSA) is 54.4 Å². The third kappa shape index (κ3) is 2.72. The summed E-state index contributed by atoms with van der Waals surface area (Å²) in [6.07, 6.45) is 5.40. The van der Waals surface area contributed by atoms with Gasteiger partial charge in [-0.3, -0.25) is 9.59 Å². The van der Waals surface area contributed by atoms with E-state index in [9.17, 15) is 14.7 Å². The van der Waals surface area contributed by atoms with Crippen molar-refractivity contribution in [2.75, 3.05) is 0 Å². The normalized spacial score (nSPS) is 31.6. The molecule has 1 N–H and O–H groups in total. The molecule has 1 fully saturated rings. The summed E-state index contributed by atoms with van der Waals surface area (Å²) in [6, 6.07) is 0. The molecule has 100 valence electrons. The Morgan fingerprint density at radius 1 is 1.39 bits per heavy atom. The molecule has 0 spiro atoms. The van der Waals surface area contributed by atoms with E-state index in [-0.39, 0.29) is 23.5 Å².